The van der Waals surface area contributed by atoms with Gasteiger partial charge in [-0.1, -0.05) is 93.6 Å². The van der Waals surface area contributed by atoms with E-state index in [2.05, 4.69) is 41.7 Å². The van der Waals surface area contributed by atoms with Crippen molar-refractivity contribution in [3.05, 3.63) is 12.7 Å². The summed E-state index contributed by atoms with van der Waals surface area (Å²) in [6, 6.07) is -3.29. The fraction of sp³-hybridized carbons (Fsp3) is 0.784. The molecule has 4 aliphatic rings. The molecule has 11 nitrogen and oxygen atoms in total. The maximum Gasteiger partial charge on any atom is 0.315 e. The van der Waals surface area contributed by atoms with Crippen LogP contribution in [0.15, 0.2) is 12.7 Å². The van der Waals surface area contributed by atoms with Crippen LogP contribution >= 0.6 is 0 Å². The maximum absolute atomic E-state index is 14.4. The third-order valence-electron chi connectivity index (χ3n) is 11.2. The van der Waals surface area contributed by atoms with Gasteiger partial charge in [0.1, 0.15) is 17.9 Å². The minimum atomic E-state index is -0.988. The Balaban J connectivity index is 1.53. The highest BCUT2D eigenvalue weighted by atomic mass is 16.2. The standard InChI is InChI=1S/C37H59N5O6/c1-10-18-38-31(46)28(44)24(19-22-14-15-22)39-30(45)27-26-23(36(26,8)9)21-42(27)32(47)29(35(5,6)7)40-33(48)41-37(16-12-11-13-17-37)20-25(43)34(2,3)4/h10,22-24,26-27,29H,1,11-21H2,2-9H3,(H,38,46)(H,39,45)(H2,40,41,48)/t23-,24?,26-,27-,29+/m0/s1. The number of ketones is 2. The number of Topliss-reactive ketones (excluding diaryl/α,β-unsaturated/α-hetero) is 2. The summed E-state index contributed by atoms with van der Waals surface area (Å²) < 4.78 is 0. The second-order valence-electron chi connectivity index (χ2n) is 17.6. The molecule has 11 heteroatoms. The van der Waals surface area contributed by atoms with Crippen molar-refractivity contribution in [1.82, 2.24) is 26.2 Å². The second-order valence-corrected chi connectivity index (χ2v) is 17.6. The number of fused-ring (bicyclic) bond motifs is 1. The summed E-state index contributed by atoms with van der Waals surface area (Å²) in [5.41, 5.74) is -2.09. The highest BCUT2D eigenvalue weighted by Crippen LogP contribution is 2.65. The fourth-order valence-electron chi connectivity index (χ4n) is 7.77. The van der Waals surface area contributed by atoms with Gasteiger partial charge in [-0.3, -0.25) is 24.0 Å². The zero-order chi connectivity index (χ0) is 35.8. The van der Waals surface area contributed by atoms with E-state index in [0.29, 0.717) is 25.8 Å². The summed E-state index contributed by atoms with van der Waals surface area (Å²) in [6.45, 7) is 19.5. The van der Waals surface area contributed by atoms with Crippen LogP contribution in [0.3, 0.4) is 0 Å². The largest absolute Gasteiger partial charge is 0.346 e. The predicted molar refractivity (Wildman–Crippen MR) is 184 cm³/mol. The molecule has 0 bridgehead atoms. The summed E-state index contributed by atoms with van der Waals surface area (Å²) in [7, 11) is 0. The number of urea groups is 1. The van der Waals surface area contributed by atoms with E-state index < -0.39 is 58.1 Å². The van der Waals surface area contributed by atoms with Crippen LogP contribution < -0.4 is 21.3 Å². The SMILES string of the molecule is C=CCNC(=O)C(=O)C(CC1CC1)NC(=O)[C@@H]1[C@@H]2[C@H](CN1C(=O)[C@@H](NC(=O)NC1(CC(=O)C(C)(C)C)CCCCC1)C(C)(C)C)C2(C)C. The fourth-order valence-corrected chi connectivity index (χ4v) is 7.77. The number of piperidine rings is 1. The van der Waals surface area contributed by atoms with Gasteiger partial charge in [0.25, 0.3) is 5.91 Å². The number of hydrogen-bond acceptors (Lipinski definition) is 6. The minimum absolute atomic E-state index is 0.0811. The lowest BCUT2D eigenvalue weighted by atomic mass is 9.74. The Morgan fingerprint density at radius 1 is 0.938 bits per heavy atom. The minimum Gasteiger partial charge on any atom is -0.346 e. The first-order chi connectivity index (χ1) is 22.2. The molecule has 0 aromatic carbocycles. The van der Waals surface area contributed by atoms with Crippen LogP contribution in [-0.4, -0.2) is 77.0 Å². The number of nitrogens with zero attached hydrogens (tertiary/aromatic N) is 1. The number of rotatable bonds is 13. The Kier molecular flexibility index (Phi) is 10.9. The van der Waals surface area contributed by atoms with Gasteiger partial charge in [-0.25, -0.2) is 4.79 Å². The van der Waals surface area contributed by atoms with E-state index in [9.17, 15) is 28.8 Å². The van der Waals surface area contributed by atoms with Gasteiger partial charge < -0.3 is 26.2 Å². The Morgan fingerprint density at radius 3 is 2.10 bits per heavy atom. The van der Waals surface area contributed by atoms with E-state index in [0.717, 1.165) is 32.1 Å². The summed E-state index contributed by atoms with van der Waals surface area (Å²) in [6.07, 6.45) is 8.20. The molecule has 5 amide bonds. The summed E-state index contributed by atoms with van der Waals surface area (Å²) in [5, 5.41) is 11.5. The van der Waals surface area contributed by atoms with Crippen molar-refractivity contribution in [2.75, 3.05) is 13.1 Å². The zero-order valence-corrected chi connectivity index (χ0v) is 30.4. The molecular formula is C37H59N5O6. The third kappa shape index (κ3) is 8.48. The molecule has 1 unspecified atom stereocenters. The van der Waals surface area contributed by atoms with Crippen LogP contribution in [0.25, 0.3) is 0 Å². The van der Waals surface area contributed by atoms with Gasteiger partial charge in [-0.15, -0.1) is 6.58 Å². The molecule has 1 aliphatic heterocycles. The zero-order valence-electron chi connectivity index (χ0n) is 30.4. The number of carbonyl (C=O) groups is 6. The Labute approximate surface area is 286 Å². The Morgan fingerprint density at radius 2 is 1.56 bits per heavy atom. The molecular weight excluding hydrogens is 610 g/mol. The molecule has 1 saturated heterocycles. The highest BCUT2D eigenvalue weighted by Gasteiger charge is 2.70. The van der Waals surface area contributed by atoms with Crippen molar-refractivity contribution in [2.24, 2.45) is 34.0 Å². The smallest absolute Gasteiger partial charge is 0.315 e. The molecule has 1 heterocycles. The first-order valence-corrected chi connectivity index (χ1v) is 17.9. The summed E-state index contributed by atoms with van der Waals surface area (Å²) in [5.74, 6) is -1.96. The third-order valence-corrected chi connectivity index (χ3v) is 11.2. The van der Waals surface area contributed by atoms with Crippen molar-refractivity contribution in [1.29, 1.82) is 0 Å². The quantitative estimate of drug-likeness (QED) is 0.172. The van der Waals surface area contributed by atoms with Gasteiger partial charge in [-0.2, -0.15) is 0 Å². The second kappa shape index (κ2) is 13.9. The molecule has 3 saturated carbocycles. The van der Waals surface area contributed by atoms with E-state index >= 15 is 0 Å². The van der Waals surface area contributed by atoms with Crippen molar-refractivity contribution in [3.63, 3.8) is 0 Å². The van der Waals surface area contributed by atoms with E-state index in [1.807, 2.05) is 41.5 Å². The summed E-state index contributed by atoms with van der Waals surface area (Å²) in [4.78, 5) is 82.7. The Hall–Kier alpha value is -3.24. The highest BCUT2D eigenvalue weighted by molar-refractivity contribution is 6.38. The van der Waals surface area contributed by atoms with Gasteiger partial charge in [-0.05, 0) is 47.8 Å². The molecule has 48 heavy (non-hydrogen) atoms. The molecule has 0 spiro atoms. The van der Waals surface area contributed by atoms with Crippen molar-refractivity contribution in [3.8, 4) is 0 Å². The average Bonchev–Trinajstić information content (AvgIpc) is 3.84. The topological polar surface area (TPSA) is 154 Å². The van der Waals surface area contributed by atoms with Gasteiger partial charge in [0.2, 0.25) is 17.6 Å². The Bertz CT molecular complexity index is 1300. The van der Waals surface area contributed by atoms with E-state index in [-0.39, 0.29) is 47.8 Å². The molecule has 4 fully saturated rings. The number of nitrogens with one attached hydrogen (secondary N) is 4. The predicted octanol–water partition coefficient (Wildman–Crippen LogP) is 4.05. The molecule has 0 radical (unpaired) electrons. The molecule has 4 rings (SSSR count). The van der Waals surface area contributed by atoms with Gasteiger partial charge >= 0.3 is 6.03 Å². The van der Waals surface area contributed by atoms with E-state index in [4.69, 9.17) is 0 Å². The maximum atomic E-state index is 14.4. The normalized spacial score (nSPS) is 25.5. The average molecular weight is 670 g/mol. The van der Waals surface area contributed by atoms with Crippen molar-refractivity contribution in [2.45, 2.75) is 137 Å². The monoisotopic (exact) mass is 669 g/mol. The first kappa shape index (κ1) is 37.6. The van der Waals surface area contributed by atoms with Crippen LogP contribution in [-0.2, 0) is 24.0 Å². The molecule has 5 atom stereocenters. The van der Waals surface area contributed by atoms with Crippen LogP contribution in [0.4, 0.5) is 4.79 Å². The number of amides is 5. The van der Waals surface area contributed by atoms with Crippen LogP contribution in [0.1, 0.15) is 113 Å². The van der Waals surface area contributed by atoms with Crippen LogP contribution in [0, 0.1) is 34.0 Å². The molecule has 0 aromatic rings. The molecule has 268 valence electrons. The van der Waals surface area contributed by atoms with E-state index in [1.54, 1.807) is 4.90 Å². The lowest BCUT2D eigenvalue weighted by molar-refractivity contribution is -0.145. The van der Waals surface area contributed by atoms with E-state index in [1.165, 1.54) is 6.08 Å². The molecule has 0 aromatic heterocycles. The van der Waals surface area contributed by atoms with Crippen LogP contribution in [0.2, 0.25) is 0 Å². The van der Waals surface area contributed by atoms with Gasteiger partial charge in [0.15, 0.2) is 0 Å². The lowest BCUT2D eigenvalue weighted by Gasteiger charge is -2.41. The summed E-state index contributed by atoms with van der Waals surface area (Å²) >= 11 is 0. The van der Waals surface area contributed by atoms with Crippen LogP contribution in [0.5, 0.6) is 0 Å². The number of hydrogen-bond donors (Lipinski definition) is 4. The first-order valence-electron chi connectivity index (χ1n) is 17.9. The van der Waals surface area contributed by atoms with Gasteiger partial charge in [0, 0.05) is 30.5 Å². The molecule has 3 aliphatic carbocycles. The van der Waals surface area contributed by atoms with Crippen molar-refractivity contribution < 1.29 is 28.8 Å². The number of likely N-dealkylation sites (tertiary alicyclic amines) is 1. The van der Waals surface area contributed by atoms with Gasteiger partial charge in [0.05, 0.1) is 6.04 Å². The lowest BCUT2D eigenvalue weighted by Crippen LogP contribution is -2.63. The molecule has 4 N–H and O–H groups in total. The number of carbonyl (C=O) groups excluding carboxylic acids is 6. The van der Waals surface area contributed by atoms with Crippen molar-refractivity contribution >= 4 is 35.3 Å².